The van der Waals surface area contributed by atoms with Crippen molar-refractivity contribution < 1.29 is 19.4 Å². The number of benzene rings is 1. The Morgan fingerprint density at radius 3 is 2.71 bits per heavy atom. The molecule has 1 unspecified atom stereocenters. The zero-order valence-corrected chi connectivity index (χ0v) is 9.85. The Morgan fingerprint density at radius 1 is 1.53 bits per heavy atom. The summed E-state index contributed by atoms with van der Waals surface area (Å²) in [6.07, 6.45) is 0. The molecule has 0 radical (unpaired) electrons. The van der Waals surface area contributed by atoms with Crippen molar-refractivity contribution in [2.24, 2.45) is 0 Å². The molecule has 0 amide bonds. The largest absolute Gasteiger partial charge is 0.478 e. The smallest absolute Gasteiger partial charge is 0.335 e. The first-order chi connectivity index (χ1) is 7.95. The van der Waals surface area contributed by atoms with Crippen molar-refractivity contribution in [2.75, 3.05) is 13.7 Å². The topological polar surface area (TPSA) is 60.8 Å². The predicted molar refractivity (Wildman–Crippen MR) is 61.4 cm³/mol. The second-order valence-corrected chi connectivity index (χ2v) is 4.06. The van der Waals surface area contributed by atoms with Gasteiger partial charge >= 0.3 is 5.97 Å². The van der Waals surface area contributed by atoms with Crippen LogP contribution in [0.4, 0.5) is 4.39 Å². The fraction of sp³-hybridized carbons (Fsp3) is 0.417. The van der Waals surface area contributed by atoms with Crippen molar-refractivity contribution in [3.63, 3.8) is 0 Å². The van der Waals surface area contributed by atoms with Gasteiger partial charge in [-0.3, -0.25) is 4.90 Å². The van der Waals surface area contributed by atoms with Crippen LogP contribution in [-0.2, 0) is 6.54 Å². The highest BCUT2D eigenvalue weighted by Gasteiger charge is 2.13. The van der Waals surface area contributed by atoms with Crippen LogP contribution < -0.4 is 0 Å². The van der Waals surface area contributed by atoms with Crippen LogP contribution in [0.15, 0.2) is 18.2 Å². The van der Waals surface area contributed by atoms with Crippen LogP contribution in [0.1, 0.15) is 22.8 Å². The van der Waals surface area contributed by atoms with Crippen molar-refractivity contribution >= 4 is 5.97 Å². The van der Waals surface area contributed by atoms with Gasteiger partial charge in [0.05, 0.1) is 12.2 Å². The van der Waals surface area contributed by atoms with E-state index in [1.54, 1.807) is 18.9 Å². The van der Waals surface area contributed by atoms with E-state index in [1.807, 2.05) is 0 Å². The minimum absolute atomic E-state index is 0.0310. The number of carboxylic acid groups (broad SMARTS) is 1. The van der Waals surface area contributed by atoms with Gasteiger partial charge in [-0.25, -0.2) is 9.18 Å². The standard InChI is InChI=1S/C12H16FNO3/c1-8(7-15)14(2)6-10-5-9(12(16)17)3-4-11(10)13/h3-5,8,15H,6-7H2,1-2H3,(H,16,17). The number of hydrogen-bond acceptors (Lipinski definition) is 3. The highest BCUT2D eigenvalue weighted by atomic mass is 19.1. The third kappa shape index (κ3) is 3.51. The third-order valence-corrected chi connectivity index (χ3v) is 2.73. The molecule has 0 aliphatic heterocycles. The molecule has 0 saturated carbocycles. The highest BCUT2D eigenvalue weighted by Crippen LogP contribution is 2.14. The normalized spacial score (nSPS) is 12.8. The molecular formula is C12H16FNO3. The number of carbonyl (C=O) groups is 1. The van der Waals surface area contributed by atoms with Crippen molar-refractivity contribution in [3.8, 4) is 0 Å². The Balaban J connectivity index is 2.89. The summed E-state index contributed by atoms with van der Waals surface area (Å²) >= 11 is 0. The van der Waals surface area contributed by atoms with E-state index in [9.17, 15) is 9.18 Å². The molecule has 1 aromatic rings. The number of halogens is 1. The first kappa shape index (κ1) is 13.6. The minimum Gasteiger partial charge on any atom is -0.478 e. The average molecular weight is 241 g/mol. The van der Waals surface area contributed by atoms with Crippen LogP contribution in [0, 0.1) is 5.82 Å². The average Bonchev–Trinajstić information content (AvgIpc) is 2.30. The van der Waals surface area contributed by atoms with Crippen molar-refractivity contribution in [1.29, 1.82) is 0 Å². The van der Waals surface area contributed by atoms with Gasteiger partial charge in [-0.15, -0.1) is 0 Å². The first-order valence-electron chi connectivity index (χ1n) is 5.28. The maximum atomic E-state index is 13.5. The van der Waals surface area contributed by atoms with Gasteiger partial charge in [0.15, 0.2) is 0 Å². The minimum atomic E-state index is -1.08. The lowest BCUT2D eigenvalue weighted by atomic mass is 10.1. The number of aromatic carboxylic acids is 1. The van der Waals surface area contributed by atoms with Crippen molar-refractivity contribution in [1.82, 2.24) is 4.90 Å². The summed E-state index contributed by atoms with van der Waals surface area (Å²) in [5.41, 5.74) is 0.374. The van der Waals surface area contributed by atoms with Gasteiger partial charge in [0.2, 0.25) is 0 Å². The number of rotatable bonds is 5. The van der Waals surface area contributed by atoms with Gasteiger partial charge in [-0.2, -0.15) is 0 Å². The lowest BCUT2D eigenvalue weighted by molar-refractivity contribution is 0.0696. The third-order valence-electron chi connectivity index (χ3n) is 2.73. The Morgan fingerprint density at radius 2 is 2.18 bits per heavy atom. The predicted octanol–water partition coefficient (Wildman–Crippen LogP) is 1.34. The van der Waals surface area contributed by atoms with E-state index in [-0.39, 0.29) is 24.8 Å². The summed E-state index contributed by atoms with van der Waals surface area (Å²) in [5, 5.41) is 17.8. The number of aliphatic hydroxyl groups is 1. The van der Waals surface area contributed by atoms with E-state index in [0.29, 0.717) is 5.56 Å². The van der Waals surface area contributed by atoms with Crippen molar-refractivity contribution in [2.45, 2.75) is 19.5 Å². The second kappa shape index (κ2) is 5.75. The van der Waals surface area contributed by atoms with Gasteiger partial charge in [-0.1, -0.05) is 0 Å². The maximum Gasteiger partial charge on any atom is 0.335 e. The molecule has 17 heavy (non-hydrogen) atoms. The molecule has 0 fully saturated rings. The lowest BCUT2D eigenvalue weighted by Gasteiger charge is -2.23. The van der Waals surface area contributed by atoms with Gasteiger partial charge in [0.1, 0.15) is 5.82 Å². The van der Waals surface area contributed by atoms with E-state index in [0.717, 1.165) is 6.07 Å². The summed E-state index contributed by atoms with van der Waals surface area (Å²) < 4.78 is 13.5. The Hall–Kier alpha value is -1.46. The molecule has 1 atom stereocenters. The molecule has 5 heteroatoms. The molecule has 94 valence electrons. The Labute approximate surface area is 99.3 Å². The van der Waals surface area contributed by atoms with E-state index in [1.165, 1.54) is 12.1 Å². The number of carboxylic acids is 1. The molecule has 0 saturated heterocycles. The molecule has 0 heterocycles. The zero-order chi connectivity index (χ0) is 13.0. The first-order valence-corrected chi connectivity index (χ1v) is 5.28. The van der Waals surface area contributed by atoms with Crippen LogP contribution in [0.25, 0.3) is 0 Å². The van der Waals surface area contributed by atoms with Crippen molar-refractivity contribution in [3.05, 3.63) is 35.1 Å². The van der Waals surface area contributed by atoms with E-state index in [2.05, 4.69) is 0 Å². The molecule has 1 aromatic carbocycles. The van der Waals surface area contributed by atoms with Gasteiger partial charge in [-0.05, 0) is 32.2 Å². The van der Waals surface area contributed by atoms with Gasteiger partial charge in [0, 0.05) is 18.2 Å². The number of nitrogens with zero attached hydrogens (tertiary/aromatic N) is 1. The quantitative estimate of drug-likeness (QED) is 0.816. The second-order valence-electron chi connectivity index (χ2n) is 4.06. The summed E-state index contributed by atoms with van der Waals surface area (Å²) in [6.45, 7) is 2.03. The zero-order valence-electron chi connectivity index (χ0n) is 9.85. The monoisotopic (exact) mass is 241 g/mol. The van der Waals surface area contributed by atoms with Gasteiger partial charge < -0.3 is 10.2 Å². The van der Waals surface area contributed by atoms with Crippen LogP contribution in [0.3, 0.4) is 0 Å². The maximum absolute atomic E-state index is 13.5. The SMILES string of the molecule is CC(CO)N(C)Cc1cc(C(=O)O)ccc1F. The van der Waals surface area contributed by atoms with Gasteiger partial charge in [0.25, 0.3) is 0 Å². The highest BCUT2D eigenvalue weighted by molar-refractivity contribution is 5.87. The molecule has 2 N–H and O–H groups in total. The van der Waals surface area contributed by atoms with Crippen LogP contribution >= 0.6 is 0 Å². The Kier molecular flexibility index (Phi) is 4.60. The molecule has 0 spiro atoms. The number of likely N-dealkylation sites (N-methyl/N-ethyl adjacent to an activating group) is 1. The fourth-order valence-corrected chi connectivity index (χ4v) is 1.39. The summed E-state index contributed by atoms with van der Waals surface area (Å²) in [5.74, 6) is -1.52. The molecule has 0 aliphatic rings. The lowest BCUT2D eigenvalue weighted by Crippen LogP contribution is -2.31. The molecular weight excluding hydrogens is 225 g/mol. The van der Waals surface area contributed by atoms with Crippen LogP contribution in [-0.4, -0.2) is 40.8 Å². The molecule has 0 bridgehead atoms. The van der Waals surface area contributed by atoms with Crippen LogP contribution in [0.5, 0.6) is 0 Å². The van der Waals surface area contributed by atoms with E-state index < -0.39 is 11.8 Å². The van der Waals surface area contributed by atoms with E-state index in [4.69, 9.17) is 10.2 Å². The van der Waals surface area contributed by atoms with Crippen LogP contribution in [0.2, 0.25) is 0 Å². The molecule has 4 nitrogen and oxygen atoms in total. The number of aliphatic hydroxyl groups excluding tert-OH is 1. The molecule has 1 rings (SSSR count). The summed E-state index contributed by atoms with van der Waals surface area (Å²) in [7, 11) is 1.74. The molecule has 0 aliphatic carbocycles. The fourth-order valence-electron chi connectivity index (χ4n) is 1.39. The summed E-state index contributed by atoms with van der Waals surface area (Å²) in [6, 6.07) is 3.59. The van der Waals surface area contributed by atoms with E-state index >= 15 is 0 Å². The number of hydrogen-bond donors (Lipinski definition) is 2. The molecule has 0 aromatic heterocycles. The Bertz CT molecular complexity index is 409. The summed E-state index contributed by atoms with van der Waals surface area (Å²) in [4.78, 5) is 12.5.